The van der Waals surface area contributed by atoms with E-state index < -0.39 is 30.6 Å². The molecule has 0 saturated carbocycles. The van der Waals surface area contributed by atoms with E-state index in [0.717, 1.165) is 12.0 Å². The van der Waals surface area contributed by atoms with Gasteiger partial charge in [-0.15, -0.1) is 0 Å². The fourth-order valence-corrected chi connectivity index (χ4v) is 6.80. The zero-order chi connectivity index (χ0) is 33.5. The molecule has 1 aromatic carbocycles. The third kappa shape index (κ3) is 8.61. The Hall–Kier alpha value is -4.49. The van der Waals surface area contributed by atoms with Crippen LogP contribution in [0.1, 0.15) is 41.4 Å². The van der Waals surface area contributed by atoms with Crippen molar-refractivity contribution in [1.29, 1.82) is 0 Å². The van der Waals surface area contributed by atoms with Crippen molar-refractivity contribution in [3.8, 4) is 17.0 Å². The van der Waals surface area contributed by atoms with Gasteiger partial charge < -0.3 is 30.4 Å². The molecule has 0 aliphatic carbocycles. The Morgan fingerprint density at radius 3 is 2.54 bits per heavy atom. The number of amides is 1. The first-order valence-electron chi connectivity index (χ1n) is 14.4. The van der Waals surface area contributed by atoms with Gasteiger partial charge in [0.15, 0.2) is 5.69 Å². The van der Waals surface area contributed by atoms with Gasteiger partial charge in [0.2, 0.25) is 5.95 Å². The summed E-state index contributed by atoms with van der Waals surface area (Å²) in [6.45, 7) is 4.20. The highest BCUT2D eigenvalue weighted by Gasteiger charge is 2.36. The Morgan fingerprint density at radius 2 is 1.87 bits per heavy atom. The molecule has 0 radical (unpaired) electrons. The van der Waals surface area contributed by atoms with Crippen LogP contribution in [-0.4, -0.2) is 69.3 Å². The Bertz CT molecular complexity index is 1730. The average Bonchev–Trinajstić information content (AvgIpc) is 3.49. The predicted octanol–water partition coefficient (Wildman–Crippen LogP) is 5.89. The van der Waals surface area contributed by atoms with Crippen molar-refractivity contribution in [2.45, 2.75) is 38.6 Å². The predicted molar refractivity (Wildman–Crippen MR) is 170 cm³/mol. The van der Waals surface area contributed by atoms with E-state index in [1.54, 1.807) is 35.7 Å². The number of halogens is 3. The van der Waals surface area contributed by atoms with Crippen LogP contribution in [0.4, 0.5) is 36.3 Å². The molecule has 246 valence electrons. The lowest BCUT2D eigenvalue weighted by molar-refractivity contribution is -0.137. The quantitative estimate of drug-likeness (QED) is 0.120. The number of nitrogens with zero attached hydrogens (tertiary/aromatic N) is 5. The molecule has 0 bridgehead atoms. The summed E-state index contributed by atoms with van der Waals surface area (Å²) in [5.41, 5.74) is 0.771. The Labute approximate surface area is 264 Å². The first-order valence-corrected chi connectivity index (χ1v) is 17.0. The number of methoxy groups -OCH3 is 1. The highest BCUT2D eigenvalue weighted by Crippen LogP contribution is 2.46. The van der Waals surface area contributed by atoms with Gasteiger partial charge in [-0.1, -0.05) is 13.0 Å². The number of aromatic nitrogens is 5. The van der Waals surface area contributed by atoms with Crippen molar-refractivity contribution in [1.82, 2.24) is 30.0 Å². The van der Waals surface area contributed by atoms with Crippen LogP contribution in [0.25, 0.3) is 11.3 Å². The van der Waals surface area contributed by atoms with Crippen LogP contribution < -0.4 is 20.7 Å². The first-order chi connectivity index (χ1) is 21.9. The van der Waals surface area contributed by atoms with Crippen LogP contribution in [0, 0.1) is 0 Å². The Kier molecular flexibility index (Phi) is 11.0. The maximum Gasteiger partial charge on any atom is 0.421 e. The molecule has 1 unspecified atom stereocenters. The number of nitrogens with one attached hydrogen (secondary N) is 3. The van der Waals surface area contributed by atoms with Gasteiger partial charge in [-0.25, -0.2) is 9.97 Å². The van der Waals surface area contributed by atoms with Gasteiger partial charge >= 0.3 is 6.18 Å². The van der Waals surface area contributed by atoms with Gasteiger partial charge in [0.05, 0.1) is 37.5 Å². The number of rotatable bonds is 14. The van der Waals surface area contributed by atoms with Crippen LogP contribution in [0.2, 0.25) is 0 Å². The zero-order valence-electron chi connectivity index (χ0n) is 25.9. The van der Waals surface area contributed by atoms with Crippen LogP contribution in [0.15, 0.2) is 48.9 Å². The largest absolute Gasteiger partial charge is 0.495 e. The highest BCUT2D eigenvalue weighted by molar-refractivity contribution is 7.62. The van der Waals surface area contributed by atoms with Gasteiger partial charge in [0.1, 0.15) is 17.1 Å². The number of pyridine rings is 1. The number of anilines is 4. The second-order valence-corrected chi connectivity index (χ2v) is 14.0. The van der Waals surface area contributed by atoms with E-state index in [0.29, 0.717) is 54.2 Å². The van der Waals surface area contributed by atoms with E-state index in [9.17, 15) is 22.5 Å². The van der Waals surface area contributed by atoms with Crippen LogP contribution in [-0.2, 0) is 23.4 Å². The van der Waals surface area contributed by atoms with Crippen LogP contribution in [0.3, 0.4) is 0 Å². The second kappa shape index (κ2) is 14.7. The molecular formula is C30H36F3N8O4P. The van der Waals surface area contributed by atoms with E-state index in [1.807, 2.05) is 6.92 Å². The molecule has 4 aromatic rings. The molecular weight excluding hydrogens is 624 g/mol. The van der Waals surface area contributed by atoms with E-state index in [2.05, 4.69) is 36.0 Å². The smallest absolute Gasteiger partial charge is 0.421 e. The molecule has 3 aromatic heterocycles. The minimum Gasteiger partial charge on any atom is -0.495 e. The standard InChI is InChI=1S/C30H36F3N8O4P/c1-5-13-46(4,44)18-19-7-8-23(25(14-19)45-3)39-29-35-16-21(30(31,32)33)27(40-29)38-24-10-9-22(37-26(24)28(43)34-2)20-15-36-41(17-20)11-6-12-42/h7-10,14-17,42H,5-6,11-13,18H2,1-4H3,(H,34,43)(H2,35,38,39,40). The number of carbonyl (C=O) groups is 1. The molecule has 4 N–H and O–H groups in total. The number of alkyl halides is 3. The lowest BCUT2D eigenvalue weighted by Crippen LogP contribution is -2.21. The molecule has 1 atom stereocenters. The van der Waals surface area contributed by atoms with Crippen molar-refractivity contribution in [3.63, 3.8) is 0 Å². The summed E-state index contributed by atoms with van der Waals surface area (Å²) in [5, 5.41) is 21.3. The number of aryl methyl sites for hydroxylation is 1. The van der Waals surface area contributed by atoms with Crippen molar-refractivity contribution < 1.29 is 32.4 Å². The molecule has 12 nitrogen and oxygen atoms in total. The molecule has 16 heteroatoms. The monoisotopic (exact) mass is 660 g/mol. The SMILES string of the molecule is CCCP(C)(=O)Cc1ccc(Nc2ncc(C(F)(F)F)c(Nc3ccc(-c4cnn(CCCO)c4)nc3C(=O)NC)n2)c(OC)c1. The van der Waals surface area contributed by atoms with E-state index >= 15 is 0 Å². The minimum absolute atomic E-state index is 0.00312. The number of hydrogen-bond donors (Lipinski definition) is 4. The van der Waals surface area contributed by atoms with Gasteiger partial charge in [-0.05, 0) is 49.3 Å². The molecule has 4 rings (SSSR count). The third-order valence-electron chi connectivity index (χ3n) is 6.89. The molecule has 0 aliphatic rings. The Balaban J connectivity index is 1.67. The summed E-state index contributed by atoms with van der Waals surface area (Å²) in [7, 11) is 0.435. The summed E-state index contributed by atoms with van der Waals surface area (Å²) in [6, 6.07) is 8.11. The topological polar surface area (TPSA) is 156 Å². The van der Waals surface area contributed by atoms with Crippen molar-refractivity contribution >= 4 is 36.2 Å². The number of benzene rings is 1. The van der Waals surface area contributed by atoms with Crippen molar-refractivity contribution in [2.75, 3.05) is 44.2 Å². The molecule has 0 saturated heterocycles. The molecule has 0 aliphatic heterocycles. The fraction of sp³-hybridized carbons (Fsp3) is 0.367. The normalized spacial score (nSPS) is 12.8. The molecule has 46 heavy (non-hydrogen) atoms. The summed E-state index contributed by atoms with van der Waals surface area (Å²) in [5.74, 6) is -1.05. The molecule has 3 heterocycles. The van der Waals surface area contributed by atoms with Gasteiger partial charge in [0.25, 0.3) is 5.91 Å². The van der Waals surface area contributed by atoms with Gasteiger partial charge in [-0.3, -0.25) is 9.48 Å². The summed E-state index contributed by atoms with van der Waals surface area (Å²) in [6.07, 6.45) is 1.34. The number of ether oxygens (including phenoxy) is 1. The highest BCUT2D eigenvalue weighted by atomic mass is 31.2. The summed E-state index contributed by atoms with van der Waals surface area (Å²) >= 11 is 0. The van der Waals surface area contributed by atoms with Crippen molar-refractivity contribution in [2.24, 2.45) is 0 Å². The van der Waals surface area contributed by atoms with Crippen molar-refractivity contribution in [3.05, 3.63) is 65.7 Å². The number of aliphatic hydroxyl groups is 1. The van der Waals surface area contributed by atoms with E-state index in [4.69, 9.17) is 9.84 Å². The number of carbonyl (C=O) groups excluding carboxylic acids is 1. The van der Waals surface area contributed by atoms with Crippen LogP contribution in [0.5, 0.6) is 5.75 Å². The molecule has 0 spiro atoms. The maximum atomic E-state index is 14.1. The zero-order valence-corrected chi connectivity index (χ0v) is 26.7. The fourth-order valence-electron chi connectivity index (χ4n) is 4.73. The lowest BCUT2D eigenvalue weighted by Gasteiger charge is -2.18. The molecule has 0 fully saturated rings. The average molecular weight is 661 g/mol. The third-order valence-corrected chi connectivity index (χ3v) is 9.31. The number of hydrogen-bond acceptors (Lipinski definition) is 10. The Morgan fingerprint density at radius 1 is 1.11 bits per heavy atom. The maximum absolute atomic E-state index is 14.1. The van der Waals surface area contributed by atoms with E-state index in [-0.39, 0.29) is 23.9 Å². The number of aliphatic hydroxyl groups excluding tert-OH is 1. The second-order valence-electron chi connectivity index (χ2n) is 10.7. The lowest BCUT2D eigenvalue weighted by atomic mass is 10.1. The van der Waals surface area contributed by atoms with Gasteiger partial charge in [-0.2, -0.15) is 23.3 Å². The molecule has 1 amide bonds. The van der Waals surface area contributed by atoms with E-state index in [1.165, 1.54) is 32.5 Å². The minimum atomic E-state index is -4.82. The summed E-state index contributed by atoms with van der Waals surface area (Å²) in [4.78, 5) is 25.2. The summed E-state index contributed by atoms with van der Waals surface area (Å²) < 4.78 is 62.1. The van der Waals surface area contributed by atoms with Gasteiger partial charge in [0, 0.05) is 50.5 Å². The first kappa shape index (κ1) is 34.4. The van der Waals surface area contributed by atoms with Crippen LogP contribution >= 0.6 is 7.14 Å².